The van der Waals surface area contributed by atoms with E-state index in [9.17, 15) is 4.79 Å². The van der Waals surface area contributed by atoms with Gasteiger partial charge >= 0.3 is 0 Å². The lowest BCUT2D eigenvalue weighted by atomic mass is 10.1. The van der Waals surface area contributed by atoms with Crippen molar-refractivity contribution in [3.05, 3.63) is 94.2 Å². The summed E-state index contributed by atoms with van der Waals surface area (Å²) in [5.41, 5.74) is 3.88. The molecular formula is C25H23BrN4O2S. The summed E-state index contributed by atoms with van der Waals surface area (Å²) in [7, 11) is 1.64. The molecule has 4 aromatic rings. The highest BCUT2D eigenvalue weighted by molar-refractivity contribution is 9.10. The quantitative estimate of drug-likeness (QED) is 0.302. The molecule has 33 heavy (non-hydrogen) atoms. The molecule has 0 saturated heterocycles. The predicted molar refractivity (Wildman–Crippen MR) is 135 cm³/mol. The number of amides is 1. The number of carbonyl (C=O) groups excluding carboxylic acids is 1. The molecule has 0 aliphatic rings. The summed E-state index contributed by atoms with van der Waals surface area (Å²) < 4.78 is 8.29. The Morgan fingerprint density at radius 1 is 1.06 bits per heavy atom. The number of anilines is 1. The summed E-state index contributed by atoms with van der Waals surface area (Å²) in [6.07, 6.45) is 0.630. The lowest BCUT2D eigenvalue weighted by molar-refractivity contribution is -0.113. The first kappa shape index (κ1) is 23.1. The number of ether oxygens (including phenoxy) is 1. The highest BCUT2D eigenvalue weighted by Crippen LogP contribution is 2.26. The van der Waals surface area contributed by atoms with Crippen molar-refractivity contribution in [2.75, 3.05) is 18.2 Å². The van der Waals surface area contributed by atoms with Crippen molar-refractivity contribution in [2.45, 2.75) is 18.5 Å². The van der Waals surface area contributed by atoms with Gasteiger partial charge in [-0.15, -0.1) is 10.2 Å². The van der Waals surface area contributed by atoms with Crippen LogP contribution in [0.4, 0.5) is 5.69 Å². The van der Waals surface area contributed by atoms with Crippen LogP contribution in [0, 0.1) is 6.92 Å². The molecule has 0 aliphatic heterocycles. The zero-order chi connectivity index (χ0) is 23.2. The van der Waals surface area contributed by atoms with Gasteiger partial charge in [-0.3, -0.25) is 9.36 Å². The Kier molecular flexibility index (Phi) is 7.47. The number of nitrogens with zero attached hydrogens (tertiary/aromatic N) is 3. The average Bonchev–Trinajstić information content (AvgIpc) is 3.23. The van der Waals surface area contributed by atoms with Crippen LogP contribution in [0.25, 0.3) is 5.69 Å². The molecule has 0 unspecified atom stereocenters. The molecule has 8 heteroatoms. The molecule has 6 nitrogen and oxygen atoms in total. The minimum atomic E-state index is -0.101. The predicted octanol–water partition coefficient (Wildman–Crippen LogP) is 5.67. The second kappa shape index (κ2) is 10.7. The van der Waals surface area contributed by atoms with E-state index in [0.717, 1.165) is 38.5 Å². The van der Waals surface area contributed by atoms with Crippen LogP contribution in [0.2, 0.25) is 0 Å². The fourth-order valence-electron chi connectivity index (χ4n) is 3.33. The van der Waals surface area contributed by atoms with Gasteiger partial charge in [-0.1, -0.05) is 58.0 Å². The number of hydrogen-bond donors (Lipinski definition) is 1. The minimum absolute atomic E-state index is 0.101. The van der Waals surface area contributed by atoms with E-state index in [0.29, 0.717) is 11.6 Å². The molecule has 0 atom stereocenters. The van der Waals surface area contributed by atoms with Crippen molar-refractivity contribution in [1.82, 2.24) is 14.8 Å². The third-order valence-electron chi connectivity index (χ3n) is 5.01. The van der Waals surface area contributed by atoms with Crippen molar-refractivity contribution in [2.24, 2.45) is 0 Å². The first-order valence-corrected chi connectivity index (χ1v) is 12.1. The van der Waals surface area contributed by atoms with Crippen molar-refractivity contribution in [1.29, 1.82) is 0 Å². The monoisotopic (exact) mass is 522 g/mol. The van der Waals surface area contributed by atoms with Gasteiger partial charge in [0.25, 0.3) is 0 Å². The molecular weight excluding hydrogens is 500 g/mol. The van der Waals surface area contributed by atoms with Gasteiger partial charge in [0.1, 0.15) is 11.6 Å². The van der Waals surface area contributed by atoms with Crippen LogP contribution in [0.15, 0.2) is 82.4 Å². The van der Waals surface area contributed by atoms with Crippen LogP contribution in [-0.2, 0) is 11.2 Å². The lowest BCUT2D eigenvalue weighted by Crippen LogP contribution is -2.14. The van der Waals surface area contributed by atoms with Crippen molar-refractivity contribution < 1.29 is 9.53 Å². The maximum Gasteiger partial charge on any atom is 0.234 e. The van der Waals surface area contributed by atoms with Crippen LogP contribution in [-0.4, -0.2) is 33.5 Å². The summed E-state index contributed by atoms with van der Waals surface area (Å²) in [5.74, 6) is 1.69. The van der Waals surface area contributed by atoms with E-state index in [1.807, 2.05) is 72.2 Å². The van der Waals surface area contributed by atoms with E-state index in [1.54, 1.807) is 7.11 Å². The molecule has 1 heterocycles. The van der Waals surface area contributed by atoms with Gasteiger partial charge in [-0.25, -0.2) is 0 Å². The van der Waals surface area contributed by atoms with Gasteiger partial charge in [-0.05, 0) is 60.5 Å². The first-order chi connectivity index (χ1) is 16.0. The Labute approximate surface area is 205 Å². The maximum absolute atomic E-state index is 12.6. The third-order valence-corrected chi connectivity index (χ3v) is 6.83. The molecule has 0 bridgehead atoms. The van der Waals surface area contributed by atoms with Gasteiger partial charge < -0.3 is 10.1 Å². The fourth-order valence-corrected chi connectivity index (χ4v) is 4.34. The number of nitrogens with one attached hydrogen (secondary N) is 1. The van der Waals surface area contributed by atoms with Crippen molar-refractivity contribution >= 4 is 39.3 Å². The molecule has 0 fully saturated rings. The molecule has 4 rings (SSSR count). The number of thioether (sulfide) groups is 1. The minimum Gasteiger partial charge on any atom is -0.497 e. The average molecular weight is 523 g/mol. The maximum atomic E-state index is 12.6. The van der Waals surface area contributed by atoms with E-state index in [1.165, 1.54) is 11.8 Å². The lowest BCUT2D eigenvalue weighted by Gasteiger charge is -2.11. The number of halogens is 1. The summed E-state index contributed by atoms with van der Waals surface area (Å²) in [5, 5.41) is 12.4. The van der Waals surface area contributed by atoms with Crippen LogP contribution in [0.1, 0.15) is 17.0 Å². The van der Waals surface area contributed by atoms with Gasteiger partial charge in [-0.2, -0.15) is 0 Å². The normalized spacial score (nSPS) is 10.8. The summed E-state index contributed by atoms with van der Waals surface area (Å²) in [6, 6.07) is 23.6. The topological polar surface area (TPSA) is 69.0 Å². The number of benzene rings is 3. The number of aromatic nitrogens is 3. The number of hydrogen-bond acceptors (Lipinski definition) is 5. The standard InChI is InChI=1S/C25H23BrN4O2S/c1-17-14-19(8-13-22(17)26)27-24(31)16-33-25-29-28-23(15-18-6-4-3-5-7-18)30(25)20-9-11-21(32-2)12-10-20/h3-14H,15-16H2,1-2H3,(H,27,31). The Balaban J connectivity index is 1.55. The molecule has 0 aliphatic carbocycles. The zero-order valence-corrected chi connectivity index (χ0v) is 20.7. The second-order valence-electron chi connectivity index (χ2n) is 7.40. The van der Waals surface area contributed by atoms with Crippen LogP contribution >= 0.6 is 27.7 Å². The molecule has 168 valence electrons. The number of methoxy groups -OCH3 is 1. The van der Waals surface area contributed by atoms with E-state index < -0.39 is 0 Å². The molecule has 1 amide bonds. The second-order valence-corrected chi connectivity index (χ2v) is 9.19. The number of rotatable bonds is 8. The highest BCUT2D eigenvalue weighted by atomic mass is 79.9. The van der Waals surface area contributed by atoms with Crippen molar-refractivity contribution in [3.63, 3.8) is 0 Å². The zero-order valence-electron chi connectivity index (χ0n) is 18.3. The largest absolute Gasteiger partial charge is 0.497 e. The van der Waals surface area contributed by atoms with Gasteiger partial charge in [0.2, 0.25) is 5.91 Å². The smallest absolute Gasteiger partial charge is 0.234 e. The van der Waals surface area contributed by atoms with Crippen LogP contribution in [0.3, 0.4) is 0 Å². The van der Waals surface area contributed by atoms with Crippen LogP contribution < -0.4 is 10.1 Å². The van der Waals surface area contributed by atoms with Gasteiger partial charge in [0, 0.05) is 22.3 Å². The van der Waals surface area contributed by atoms with E-state index >= 15 is 0 Å². The highest BCUT2D eigenvalue weighted by Gasteiger charge is 2.17. The van der Waals surface area contributed by atoms with Gasteiger partial charge in [0.15, 0.2) is 5.16 Å². The first-order valence-electron chi connectivity index (χ1n) is 10.3. The molecule has 0 radical (unpaired) electrons. The Morgan fingerprint density at radius 2 is 1.82 bits per heavy atom. The van der Waals surface area contributed by atoms with E-state index in [2.05, 4.69) is 43.6 Å². The van der Waals surface area contributed by atoms with Gasteiger partial charge in [0.05, 0.1) is 12.9 Å². The molecule has 0 saturated carbocycles. The summed E-state index contributed by atoms with van der Waals surface area (Å²) in [6.45, 7) is 1.99. The third kappa shape index (κ3) is 5.83. The molecule has 1 N–H and O–H groups in total. The van der Waals surface area contributed by atoms with E-state index in [4.69, 9.17) is 4.74 Å². The van der Waals surface area contributed by atoms with Crippen LogP contribution in [0.5, 0.6) is 5.75 Å². The molecule has 3 aromatic carbocycles. The Hall–Kier alpha value is -3.10. The fraction of sp³-hybridized carbons (Fsp3) is 0.160. The molecule has 0 spiro atoms. The van der Waals surface area contributed by atoms with Crippen molar-refractivity contribution in [3.8, 4) is 11.4 Å². The number of carbonyl (C=O) groups is 1. The van der Waals surface area contributed by atoms with E-state index in [-0.39, 0.29) is 11.7 Å². The number of aryl methyl sites for hydroxylation is 1. The Bertz CT molecular complexity index is 1240. The Morgan fingerprint density at radius 3 is 2.52 bits per heavy atom. The SMILES string of the molecule is COc1ccc(-n2c(Cc3ccccc3)nnc2SCC(=O)Nc2ccc(Br)c(C)c2)cc1. The summed E-state index contributed by atoms with van der Waals surface area (Å²) >= 11 is 4.83. The molecule has 1 aromatic heterocycles. The summed E-state index contributed by atoms with van der Waals surface area (Å²) in [4.78, 5) is 12.6.